The average molecular weight is 212 g/mol. The molecule has 2 unspecified atom stereocenters. The zero-order valence-corrected chi connectivity index (χ0v) is 9.87. The molecule has 2 atom stereocenters. The molecule has 2 rings (SSSR count). The topological polar surface area (TPSA) is 24.5 Å². The molecule has 1 N–H and O–H groups in total. The van der Waals surface area contributed by atoms with E-state index in [9.17, 15) is 0 Å². The van der Waals surface area contributed by atoms with Crippen LogP contribution in [0.2, 0.25) is 0 Å². The lowest BCUT2D eigenvalue weighted by atomic mass is 10.1. The molecule has 0 radical (unpaired) electrons. The molecule has 0 aliphatic carbocycles. The minimum Gasteiger partial charge on any atom is -0.381 e. The first kappa shape index (κ1) is 11.4. The Balaban J connectivity index is 1.56. The van der Waals surface area contributed by atoms with Crippen LogP contribution in [0.25, 0.3) is 0 Å². The second kappa shape index (κ2) is 5.83. The zero-order chi connectivity index (χ0) is 10.5. The summed E-state index contributed by atoms with van der Waals surface area (Å²) in [5.74, 6) is 0.760. The molecule has 2 aliphatic heterocycles. The summed E-state index contributed by atoms with van der Waals surface area (Å²) >= 11 is 0. The van der Waals surface area contributed by atoms with E-state index < -0.39 is 0 Å². The number of nitrogens with zero attached hydrogens (tertiary/aromatic N) is 1. The highest BCUT2D eigenvalue weighted by Crippen LogP contribution is 2.12. The average Bonchev–Trinajstić information content (AvgIpc) is 2.90. The Kier molecular flexibility index (Phi) is 4.42. The van der Waals surface area contributed by atoms with Crippen molar-refractivity contribution in [3.05, 3.63) is 0 Å². The number of hydrogen-bond donors (Lipinski definition) is 1. The largest absolute Gasteiger partial charge is 0.381 e. The minimum atomic E-state index is 0.704. The van der Waals surface area contributed by atoms with Gasteiger partial charge in [0.2, 0.25) is 0 Å². The van der Waals surface area contributed by atoms with E-state index >= 15 is 0 Å². The van der Waals surface area contributed by atoms with Gasteiger partial charge < -0.3 is 10.1 Å². The number of ether oxygens (including phenoxy) is 1. The molecule has 0 saturated carbocycles. The number of nitrogens with one attached hydrogen (secondary N) is 1. The van der Waals surface area contributed by atoms with Gasteiger partial charge in [0.05, 0.1) is 6.61 Å². The van der Waals surface area contributed by atoms with Crippen LogP contribution in [0.4, 0.5) is 0 Å². The molecule has 0 aromatic rings. The lowest BCUT2D eigenvalue weighted by Crippen LogP contribution is -2.40. The van der Waals surface area contributed by atoms with Crippen molar-refractivity contribution in [1.29, 1.82) is 0 Å². The third kappa shape index (κ3) is 3.44. The Bertz CT molecular complexity index is 174. The summed E-state index contributed by atoms with van der Waals surface area (Å²) in [4.78, 5) is 2.60. The Morgan fingerprint density at radius 2 is 2.20 bits per heavy atom. The molecule has 15 heavy (non-hydrogen) atoms. The van der Waals surface area contributed by atoms with E-state index in [0.29, 0.717) is 6.04 Å². The summed E-state index contributed by atoms with van der Waals surface area (Å²) in [6, 6.07) is 0.704. The van der Waals surface area contributed by atoms with E-state index in [1.807, 2.05) is 0 Å². The van der Waals surface area contributed by atoms with E-state index in [4.69, 9.17) is 4.74 Å². The van der Waals surface area contributed by atoms with Crippen molar-refractivity contribution in [2.24, 2.45) is 5.92 Å². The second-order valence-corrected chi connectivity index (χ2v) is 4.98. The van der Waals surface area contributed by atoms with Crippen molar-refractivity contribution in [3.63, 3.8) is 0 Å². The Morgan fingerprint density at radius 1 is 1.40 bits per heavy atom. The summed E-state index contributed by atoms with van der Waals surface area (Å²) < 4.78 is 5.36. The molecule has 2 saturated heterocycles. The fourth-order valence-electron chi connectivity index (χ4n) is 2.55. The van der Waals surface area contributed by atoms with Crippen molar-refractivity contribution >= 4 is 0 Å². The summed E-state index contributed by atoms with van der Waals surface area (Å²) in [6.07, 6.45) is 4.02. The van der Waals surface area contributed by atoms with E-state index in [1.54, 1.807) is 0 Å². The van der Waals surface area contributed by atoms with E-state index in [0.717, 1.165) is 32.2 Å². The first-order valence-electron chi connectivity index (χ1n) is 6.39. The molecule has 0 aromatic heterocycles. The highest BCUT2D eigenvalue weighted by molar-refractivity contribution is 4.75. The molecule has 3 nitrogen and oxygen atoms in total. The van der Waals surface area contributed by atoms with Gasteiger partial charge in [-0.05, 0) is 45.2 Å². The molecule has 0 amide bonds. The molecule has 0 spiro atoms. The number of rotatable bonds is 5. The standard InChI is InChI=1S/C12H24N2O/c1-11(14-5-2-3-6-14)8-13-9-12-4-7-15-10-12/h11-13H,2-10H2,1H3. The number of hydrogen-bond acceptors (Lipinski definition) is 3. The lowest BCUT2D eigenvalue weighted by Gasteiger charge is -2.24. The Morgan fingerprint density at radius 3 is 2.87 bits per heavy atom. The summed E-state index contributed by atoms with van der Waals surface area (Å²) in [5.41, 5.74) is 0. The van der Waals surface area contributed by atoms with Gasteiger partial charge in [-0.1, -0.05) is 0 Å². The highest BCUT2D eigenvalue weighted by Gasteiger charge is 2.19. The zero-order valence-electron chi connectivity index (χ0n) is 9.87. The Labute approximate surface area is 93.2 Å². The third-order valence-corrected chi connectivity index (χ3v) is 3.66. The summed E-state index contributed by atoms with van der Waals surface area (Å²) in [7, 11) is 0. The predicted molar refractivity (Wildman–Crippen MR) is 62.1 cm³/mol. The normalized spacial score (nSPS) is 29.8. The number of likely N-dealkylation sites (tertiary alicyclic amines) is 1. The van der Waals surface area contributed by atoms with Gasteiger partial charge in [-0.3, -0.25) is 4.90 Å². The lowest BCUT2D eigenvalue weighted by molar-refractivity contribution is 0.184. The van der Waals surface area contributed by atoms with E-state index in [1.165, 1.54) is 32.4 Å². The van der Waals surface area contributed by atoms with Crippen LogP contribution < -0.4 is 5.32 Å². The monoisotopic (exact) mass is 212 g/mol. The van der Waals surface area contributed by atoms with Gasteiger partial charge >= 0.3 is 0 Å². The maximum atomic E-state index is 5.36. The molecule has 2 fully saturated rings. The van der Waals surface area contributed by atoms with Gasteiger partial charge in [0.15, 0.2) is 0 Å². The van der Waals surface area contributed by atoms with E-state index in [-0.39, 0.29) is 0 Å². The van der Waals surface area contributed by atoms with E-state index in [2.05, 4.69) is 17.1 Å². The maximum absolute atomic E-state index is 5.36. The van der Waals surface area contributed by atoms with Crippen LogP contribution in [0.3, 0.4) is 0 Å². The molecular weight excluding hydrogens is 188 g/mol. The third-order valence-electron chi connectivity index (χ3n) is 3.66. The second-order valence-electron chi connectivity index (χ2n) is 4.98. The molecule has 0 aromatic carbocycles. The van der Waals surface area contributed by atoms with Crippen molar-refractivity contribution in [3.8, 4) is 0 Å². The maximum Gasteiger partial charge on any atom is 0.0507 e. The molecule has 3 heteroatoms. The smallest absolute Gasteiger partial charge is 0.0507 e. The van der Waals surface area contributed by atoms with Gasteiger partial charge in [0.1, 0.15) is 0 Å². The van der Waals surface area contributed by atoms with Crippen LogP contribution in [0.1, 0.15) is 26.2 Å². The SMILES string of the molecule is CC(CNCC1CCOC1)N1CCCC1. The highest BCUT2D eigenvalue weighted by atomic mass is 16.5. The van der Waals surface area contributed by atoms with Gasteiger partial charge in [0, 0.05) is 25.7 Å². The summed E-state index contributed by atoms with van der Waals surface area (Å²) in [5, 5.41) is 3.58. The quantitative estimate of drug-likeness (QED) is 0.738. The van der Waals surface area contributed by atoms with Gasteiger partial charge in [0.25, 0.3) is 0 Å². The first-order chi connectivity index (χ1) is 7.36. The molecular formula is C12H24N2O. The van der Waals surface area contributed by atoms with Gasteiger partial charge in [-0.2, -0.15) is 0 Å². The van der Waals surface area contributed by atoms with Crippen molar-refractivity contribution in [2.75, 3.05) is 39.4 Å². The van der Waals surface area contributed by atoms with Gasteiger partial charge in [-0.15, -0.1) is 0 Å². The molecule has 88 valence electrons. The van der Waals surface area contributed by atoms with Crippen molar-refractivity contribution in [1.82, 2.24) is 10.2 Å². The van der Waals surface area contributed by atoms with Gasteiger partial charge in [-0.25, -0.2) is 0 Å². The van der Waals surface area contributed by atoms with Crippen molar-refractivity contribution in [2.45, 2.75) is 32.2 Å². The molecule has 2 aliphatic rings. The van der Waals surface area contributed by atoms with Crippen LogP contribution >= 0.6 is 0 Å². The summed E-state index contributed by atoms with van der Waals surface area (Å²) in [6.45, 7) is 9.14. The van der Waals surface area contributed by atoms with Crippen LogP contribution in [0.15, 0.2) is 0 Å². The van der Waals surface area contributed by atoms with Crippen LogP contribution in [0.5, 0.6) is 0 Å². The fourth-order valence-corrected chi connectivity index (χ4v) is 2.55. The minimum absolute atomic E-state index is 0.704. The first-order valence-corrected chi connectivity index (χ1v) is 6.39. The molecule has 2 heterocycles. The fraction of sp³-hybridized carbons (Fsp3) is 1.00. The van der Waals surface area contributed by atoms with Crippen LogP contribution in [0, 0.1) is 5.92 Å². The molecule has 0 bridgehead atoms. The van der Waals surface area contributed by atoms with Crippen molar-refractivity contribution < 1.29 is 4.74 Å². The predicted octanol–water partition coefficient (Wildman–Crippen LogP) is 1.10. The van der Waals surface area contributed by atoms with Crippen LogP contribution in [-0.2, 0) is 4.74 Å². The Hall–Kier alpha value is -0.120. The van der Waals surface area contributed by atoms with Crippen LogP contribution in [-0.4, -0.2) is 50.3 Å².